The first kappa shape index (κ1) is 21.8. The summed E-state index contributed by atoms with van der Waals surface area (Å²) >= 11 is 0. The third-order valence-electron chi connectivity index (χ3n) is 4.40. The molecule has 1 amide bonds. The van der Waals surface area contributed by atoms with Crippen molar-refractivity contribution in [3.05, 3.63) is 95.6 Å². The molecule has 31 heavy (non-hydrogen) atoms. The monoisotopic (exact) mass is 416 g/mol. The fourth-order valence-electron chi connectivity index (χ4n) is 2.71. The van der Waals surface area contributed by atoms with Gasteiger partial charge in [-0.2, -0.15) is 5.10 Å². The molecule has 0 spiro atoms. The Morgan fingerprint density at radius 3 is 2.39 bits per heavy atom. The number of ether oxygens (including phenoxy) is 2. The number of amides is 1. The van der Waals surface area contributed by atoms with Crippen molar-refractivity contribution in [1.82, 2.24) is 5.43 Å². The van der Waals surface area contributed by atoms with E-state index in [-0.39, 0.29) is 12.5 Å². The number of rotatable bonds is 8. The number of hydrogen-bond donors (Lipinski definition) is 1. The number of esters is 1. The van der Waals surface area contributed by atoms with Crippen LogP contribution in [0.1, 0.15) is 41.3 Å². The molecular formula is C25H24N2O4. The predicted octanol–water partition coefficient (Wildman–Crippen LogP) is 4.56. The second-order valence-electron chi connectivity index (χ2n) is 7.13. The molecule has 158 valence electrons. The summed E-state index contributed by atoms with van der Waals surface area (Å²) in [5, 5.41) is 3.92. The molecule has 0 saturated heterocycles. The summed E-state index contributed by atoms with van der Waals surface area (Å²) in [7, 11) is 0. The maximum Gasteiger partial charge on any atom is 0.343 e. The number of carbonyl (C=O) groups excluding carboxylic acids is 2. The molecule has 0 saturated carbocycles. The van der Waals surface area contributed by atoms with Gasteiger partial charge in [0, 0.05) is 0 Å². The quantitative estimate of drug-likeness (QED) is 0.253. The van der Waals surface area contributed by atoms with Crippen molar-refractivity contribution >= 4 is 18.1 Å². The summed E-state index contributed by atoms with van der Waals surface area (Å²) in [6, 6.07) is 23.2. The Kier molecular flexibility index (Phi) is 7.54. The Bertz CT molecular complexity index is 1040. The standard InChI is InChI=1S/C25H24N2O4/c1-18(2)20-11-13-22(14-12-20)30-17-24(28)27-26-16-19-7-6-10-23(15-19)31-25(29)21-8-4-3-5-9-21/h3-16,18H,17H2,1-2H3,(H,27,28)/b26-16-. The topological polar surface area (TPSA) is 77.0 Å². The number of nitrogens with one attached hydrogen (secondary N) is 1. The van der Waals surface area contributed by atoms with Gasteiger partial charge in [0.25, 0.3) is 5.91 Å². The van der Waals surface area contributed by atoms with Crippen LogP contribution in [0.2, 0.25) is 0 Å². The van der Waals surface area contributed by atoms with Crippen LogP contribution in [-0.2, 0) is 4.79 Å². The van der Waals surface area contributed by atoms with E-state index in [1.54, 1.807) is 48.5 Å². The van der Waals surface area contributed by atoms with Crippen molar-refractivity contribution in [1.29, 1.82) is 0 Å². The largest absolute Gasteiger partial charge is 0.484 e. The first-order valence-corrected chi connectivity index (χ1v) is 9.93. The molecule has 6 heteroatoms. The van der Waals surface area contributed by atoms with Gasteiger partial charge in [-0.05, 0) is 53.4 Å². The van der Waals surface area contributed by atoms with E-state index >= 15 is 0 Å². The van der Waals surface area contributed by atoms with E-state index in [0.717, 1.165) is 0 Å². The predicted molar refractivity (Wildman–Crippen MR) is 120 cm³/mol. The average molecular weight is 416 g/mol. The lowest BCUT2D eigenvalue weighted by Crippen LogP contribution is -2.24. The molecule has 0 aliphatic carbocycles. The molecule has 3 aromatic carbocycles. The van der Waals surface area contributed by atoms with E-state index in [4.69, 9.17) is 9.47 Å². The Morgan fingerprint density at radius 1 is 0.935 bits per heavy atom. The van der Waals surface area contributed by atoms with E-state index in [1.807, 2.05) is 30.3 Å². The molecule has 0 bridgehead atoms. The zero-order chi connectivity index (χ0) is 22.1. The molecule has 0 radical (unpaired) electrons. The summed E-state index contributed by atoms with van der Waals surface area (Å²) in [6.07, 6.45) is 1.47. The van der Waals surface area contributed by atoms with Gasteiger partial charge in [-0.3, -0.25) is 4.79 Å². The molecule has 3 aromatic rings. The van der Waals surface area contributed by atoms with Crippen molar-refractivity contribution < 1.29 is 19.1 Å². The van der Waals surface area contributed by atoms with Gasteiger partial charge in [0.15, 0.2) is 6.61 Å². The maximum absolute atomic E-state index is 12.1. The number of benzene rings is 3. The first-order chi connectivity index (χ1) is 15.0. The third-order valence-corrected chi connectivity index (χ3v) is 4.40. The highest BCUT2D eigenvalue weighted by atomic mass is 16.5. The van der Waals surface area contributed by atoms with Gasteiger partial charge in [0.05, 0.1) is 11.8 Å². The highest BCUT2D eigenvalue weighted by Gasteiger charge is 2.08. The normalized spacial score (nSPS) is 10.8. The van der Waals surface area contributed by atoms with Crippen molar-refractivity contribution in [3.63, 3.8) is 0 Å². The fraction of sp³-hybridized carbons (Fsp3) is 0.160. The first-order valence-electron chi connectivity index (χ1n) is 9.93. The van der Waals surface area contributed by atoms with Crippen LogP contribution < -0.4 is 14.9 Å². The lowest BCUT2D eigenvalue weighted by atomic mass is 10.0. The van der Waals surface area contributed by atoms with Crippen molar-refractivity contribution in [3.8, 4) is 11.5 Å². The van der Waals surface area contributed by atoms with E-state index in [2.05, 4.69) is 24.4 Å². The van der Waals surface area contributed by atoms with E-state index in [0.29, 0.717) is 28.5 Å². The van der Waals surface area contributed by atoms with Gasteiger partial charge in [0.1, 0.15) is 11.5 Å². The molecule has 0 fully saturated rings. The highest BCUT2D eigenvalue weighted by Crippen LogP contribution is 2.18. The molecule has 1 N–H and O–H groups in total. The molecule has 0 aliphatic heterocycles. The Balaban J connectivity index is 1.48. The van der Waals surface area contributed by atoms with Crippen LogP contribution in [0.5, 0.6) is 11.5 Å². The second-order valence-corrected chi connectivity index (χ2v) is 7.13. The molecule has 6 nitrogen and oxygen atoms in total. The molecule has 0 unspecified atom stereocenters. The lowest BCUT2D eigenvalue weighted by Gasteiger charge is -2.08. The number of nitrogens with zero attached hydrogens (tertiary/aromatic N) is 1. The van der Waals surface area contributed by atoms with Crippen LogP contribution in [-0.4, -0.2) is 24.7 Å². The van der Waals surface area contributed by atoms with Crippen LogP contribution in [0.25, 0.3) is 0 Å². The minimum Gasteiger partial charge on any atom is -0.484 e. The molecular weight excluding hydrogens is 392 g/mol. The molecule has 0 atom stereocenters. The zero-order valence-electron chi connectivity index (χ0n) is 17.4. The molecule has 0 heterocycles. The van der Waals surface area contributed by atoms with Gasteiger partial charge >= 0.3 is 5.97 Å². The summed E-state index contributed by atoms with van der Waals surface area (Å²) < 4.78 is 10.8. The van der Waals surface area contributed by atoms with Crippen LogP contribution in [0, 0.1) is 0 Å². The van der Waals surface area contributed by atoms with E-state index < -0.39 is 5.97 Å². The Hall–Kier alpha value is -3.93. The number of hydrazone groups is 1. The maximum atomic E-state index is 12.1. The van der Waals surface area contributed by atoms with Gasteiger partial charge < -0.3 is 9.47 Å². The minimum absolute atomic E-state index is 0.146. The van der Waals surface area contributed by atoms with Crippen molar-refractivity contribution in [2.24, 2.45) is 5.10 Å². The highest BCUT2D eigenvalue weighted by molar-refractivity contribution is 5.91. The summed E-state index contributed by atoms with van der Waals surface area (Å²) in [6.45, 7) is 4.08. The number of carbonyl (C=O) groups is 2. The van der Waals surface area contributed by atoms with Crippen molar-refractivity contribution in [2.45, 2.75) is 19.8 Å². The molecule has 0 aliphatic rings. The van der Waals surface area contributed by atoms with Crippen molar-refractivity contribution in [2.75, 3.05) is 6.61 Å². The van der Waals surface area contributed by atoms with E-state index in [9.17, 15) is 9.59 Å². The molecule has 0 aromatic heterocycles. The fourth-order valence-corrected chi connectivity index (χ4v) is 2.71. The molecule has 3 rings (SSSR count). The summed E-state index contributed by atoms with van der Waals surface area (Å²) in [5.74, 6) is 0.623. The van der Waals surface area contributed by atoms with Crippen LogP contribution in [0.3, 0.4) is 0 Å². The van der Waals surface area contributed by atoms with Crippen LogP contribution in [0.4, 0.5) is 0 Å². The minimum atomic E-state index is -0.443. The van der Waals surface area contributed by atoms with E-state index in [1.165, 1.54) is 11.8 Å². The van der Waals surface area contributed by atoms with Gasteiger partial charge in [-0.1, -0.05) is 56.3 Å². The zero-order valence-corrected chi connectivity index (χ0v) is 17.4. The number of hydrogen-bond acceptors (Lipinski definition) is 5. The van der Waals surface area contributed by atoms with Gasteiger partial charge in [-0.25, -0.2) is 10.2 Å². The Morgan fingerprint density at radius 2 is 1.68 bits per heavy atom. The smallest absolute Gasteiger partial charge is 0.343 e. The lowest BCUT2D eigenvalue weighted by molar-refractivity contribution is -0.123. The Labute approximate surface area is 181 Å². The van der Waals surface area contributed by atoms with Gasteiger partial charge in [0.2, 0.25) is 0 Å². The van der Waals surface area contributed by atoms with Crippen LogP contribution in [0.15, 0.2) is 84.0 Å². The second kappa shape index (κ2) is 10.7. The average Bonchev–Trinajstić information content (AvgIpc) is 2.79. The summed E-state index contributed by atoms with van der Waals surface area (Å²) in [5.41, 5.74) is 4.76. The SMILES string of the molecule is CC(C)c1ccc(OCC(=O)N/N=C\c2cccc(OC(=O)c3ccccc3)c2)cc1. The van der Waals surface area contributed by atoms with Gasteiger partial charge in [-0.15, -0.1) is 0 Å². The third kappa shape index (κ3) is 6.82. The summed E-state index contributed by atoms with van der Waals surface area (Å²) in [4.78, 5) is 24.1. The van der Waals surface area contributed by atoms with Crippen LogP contribution >= 0.6 is 0 Å².